The maximum atomic E-state index is 14.0. The number of hydrogen-bond acceptors (Lipinski definition) is 2. The van der Waals surface area contributed by atoms with Gasteiger partial charge in [-0.05, 0) is 19.8 Å². The molecule has 0 rings (SSSR count). The van der Waals surface area contributed by atoms with Crippen molar-refractivity contribution in [2.24, 2.45) is 5.92 Å². The normalized spacial score (nSPS) is 17.6. The van der Waals surface area contributed by atoms with Gasteiger partial charge in [0.25, 0.3) is 0 Å². The van der Waals surface area contributed by atoms with Gasteiger partial charge in [0.2, 0.25) is 0 Å². The molecular weight excluding hydrogens is 494 g/mol. The first-order valence-electron chi connectivity index (χ1n) is 7.75. The van der Waals surface area contributed by atoms with Gasteiger partial charge in [0.1, 0.15) is 5.31 Å². The Morgan fingerprint density at radius 3 is 1.39 bits per heavy atom. The topological polar surface area (TPSA) is 46.5 Å². The molecule has 0 aromatic heterocycles. The Morgan fingerprint density at radius 1 is 0.774 bits per heavy atom. The van der Waals surface area contributed by atoms with Crippen LogP contribution in [0.4, 0.5) is 57.1 Å². The molecule has 0 spiro atoms. The van der Waals surface area contributed by atoms with Gasteiger partial charge < -0.3 is 4.89 Å². The van der Waals surface area contributed by atoms with E-state index in [9.17, 15) is 66.5 Å². The highest BCUT2D eigenvalue weighted by molar-refractivity contribution is 7.57. The van der Waals surface area contributed by atoms with Crippen LogP contribution in [0.2, 0.25) is 0 Å². The Labute approximate surface area is 166 Å². The molecule has 0 radical (unpaired) electrons. The van der Waals surface area contributed by atoms with Crippen LogP contribution in [0.1, 0.15) is 27.7 Å². The summed E-state index contributed by atoms with van der Waals surface area (Å²) in [5.74, 6) is -39.6. The Balaban J connectivity index is 6.53. The Hall–Kier alpha value is -1.02. The molecular formula is C14H16F13O3P. The van der Waals surface area contributed by atoms with Crippen LogP contribution in [0.15, 0.2) is 11.9 Å². The van der Waals surface area contributed by atoms with Crippen molar-refractivity contribution < 1.29 is 71.1 Å². The lowest BCUT2D eigenvalue weighted by atomic mass is 9.94. The monoisotopic (exact) mass is 510 g/mol. The number of hydrogen-bond donors (Lipinski definition) is 1. The summed E-state index contributed by atoms with van der Waals surface area (Å²) < 4.78 is 187. The van der Waals surface area contributed by atoms with E-state index in [1.807, 2.05) is 6.58 Å². The Bertz CT molecular complexity index is 740. The van der Waals surface area contributed by atoms with E-state index < -0.39 is 60.2 Å². The predicted octanol–water partition coefficient (Wildman–Crippen LogP) is 6.88. The zero-order valence-electron chi connectivity index (χ0n) is 15.9. The summed E-state index contributed by atoms with van der Waals surface area (Å²) >= 11 is 0. The van der Waals surface area contributed by atoms with Crippen molar-refractivity contribution in [1.29, 1.82) is 0 Å². The molecule has 0 aliphatic carbocycles. The van der Waals surface area contributed by atoms with Crippen LogP contribution in [0.25, 0.3) is 0 Å². The molecule has 1 unspecified atom stereocenters. The van der Waals surface area contributed by atoms with Crippen LogP contribution < -0.4 is 0 Å². The molecule has 17 heteroatoms. The van der Waals surface area contributed by atoms with Crippen molar-refractivity contribution in [3.8, 4) is 0 Å². The number of allylic oxidation sites excluding steroid dienone is 1. The summed E-state index contributed by atoms with van der Waals surface area (Å²) in [4.78, 5) is 9.48. The van der Waals surface area contributed by atoms with E-state index in [-0.39, 0.29) is 0 Å². The minimum Gasteiger partial charge on any atom is -0.321 e. The van der Waals surface area contributed by atoms with Gasteiger partial charge in [0.15, 0.2) is 0 Å². The highest BCUT2D eigenvalue weighted by atomic mass is 31.2. The van der Waals surface area contributed by atoms with E-state index >= 15 is 0 Å². The lowest BCUT2D eigenvalue weighted by molar-refractivity contribution is -0.436. The maximum absolute atomic E-state index is 14.0. The molecule has 0 amide bonds. The van der Waals surface area contributed by atoms with Gasteiger partial charge in [-0.1, -0.05) is 20.4 Å². The van der Waals surface area contributed by atoms with Gasteiger partial charge >= 0.3 is 43.4 Å². The van der Waals surface area contributed by atoms with E-state index in [0.717, 1.165) is 13.8 Å². The fourth-order valence-electron chi connectivity index (χ4n) is 1.61. The van der Waals surface area contributed by atoms with E-state index in [0.29, 0.717) is 0 Å². The van der Waals surface area contributed by atoms with Gasteiger partial charge in [-0.15, -0.1) is 0 Å². The number of rotatable bonds is 9. The van der Waals surface area contributed by atoms with E-state index in [4.69, 9.17) is 0 Å². The third-order valence-corrected chi connectivity index (χ3v) is 6.07. The predicted molar refractivity (Wildman–Crippen MR) is 79.8 cm³/mol. The summed E-state index contributed by atoms with van der Waals surface area (Å²) in [6, 6.07) is 0. The molecule has 1 atom stereocenters. The van der Waals surface area contributed by atoms with Crippen molar-refractivity contribution in [1.82, 2.24) is 0 Å². The van der Waals surface area contributed by atoms with Crippen molar-refractivity contribution >= 4 is 7.60 Å². The summed E-state index contributed by atoms with van der Waals surface area (Å²) in [6.45, 7) is 6.35. The molecule has 0 aliphatic rings. The first-order valence-corrected chi connectivity index (χ1v) is 9.32. The summed E-state index contributed by atoms with van der Waals surface area (Å²) in [5, 5.41) is -3.13. The largest absolute Gasteiger partial charge is 0.460 e. The first-order chi connectivity index (χ1) is 13.1. The van der Waals surface area contributed by atoms with Gasteiger partial charge in [0, 0.05) is 0 Å². The lowest BCUT2D eigenvalue weighted by Crippen LogP contribution is -2.70. The second kappa shape index (κ2) is 7.79. The molecule has 0 aliphatic heterocycles. The average molecular weight is 510 g/mol. The molecule has 0 bridgehead atoms. The smallest absolute Gasteiger partial charge is 0.321 e. The molecule has 3 nitrogen and oxygen atoms in total. The number of alkyl halides is 13. The average Bonchev–Trinajstić information content (AvgIpc) is 2.50. The molecule has 0 heterocycles. The minimum absolute atomic E-state index is 0.828. The fraction of sp³-hybridized carbons (Fsp3) is 0.857. The van der Waals surface area contributed by atoms with Crippen LogP contribution in [0.5, 0.6) is 0 Å². The second-order valence-corrected chi connectivity index (χ2v) is 8.95. The zero-order chi connectivity index (χ0) is 25.9. The van der Waals surface area contributed by atoms with Crippen LogP contribution in [0, 0.1) is 5.92 Å². The van der Waals surface area contributed by atoms with Crippen molar-refractivity contribution in [2.45, 2.75) is 69.1 Å². The SMILES string of the molecule is C=C(C(F)(F)C(F)(F)C(F)(F)C(F)(F)C(F)(F)C(F)(F)F)P(=O)(O)OC(C)(C)C(C)C. The molecule has 0 aromatic rings. The summed E-state index contributed by atoms with van der Waals surface area (Å²) in [7, 11) is -6.28. The van der Waals surface area contributed by atoms with Crippen molar-refractivity contribution in [3.63, 3.8) is 0 Å². The van der Waals surface area contributed by atoms with Gasteiger partial charge in [-0.3, -0.25) is 9.09 Å². The van der Waals surface area contributed by atoms with Gasteiger partial charge in [-0.2, -0.15) is 57.1 Å². The Morgan fingerprint density at radius 2 is 1.10 bits per heavy atom. The summed E-state index contributed by atoms with van der Waals surface area (Å²) in [6.07, 6.45) is -7.56. The van der Waals surface area contributed by atoms with Crippen LogP contribution in [-0.2, 0) is 9.09 Å². The lowest BCUT2D eigenvalue weighted by Gasteiger charge is -2.41. The minimum atomic E-state index is -8.12. The molecule has 0 fully saturated rings. The third-order valence-electron chi connectivity index (χ3n) is 4.39. The van der Waals surface area contributed by atoms with Crippen molar-refractivity contribution in [3.05, 3.63) is 11.9 Å². The van der Waals surface area contributed by atoms with Crippen molar-refractivity contribution in [2.75, 3.05) is 0 Å². The zero-order valence-corrected chi connectivity index (χ0v) is 16.8. The highest BCUT2D eigenvalue weighted by Gasteiger charge is 2.91. The molecule has 186 valence electrons. The molecule has 0 saturated heterocycles. The van der Waals surface area contributed by atoms with E-state index in [1.165, 1.54) is 13.8 Å². The molecule has 31 heavy (non-hydrogen) atoms. The second-order valence-electron chi connectivity index (χ2n) is 7.19. The van der Waals surface area contributed by atoms with Gasteiger partial charge in [0.05, 0.1) is 5.60 Å². The van der Waals surface area contributed by atoms with Crippen LogP contribution in [0.3, 0.4) is 0 Å². The summed E-state index contributed by atoms with van der Waals surface area (Å²) in [5.41, 5.74) is -1.91. The highest BCUT2D eigenvalue weighted by Crippen LogP contribution is 2.66. The van der Waals surface area contributed by atoms with Crippen LogP contribution >= 0.6 is 7.60 Å². The van der Waals surface area contributed by atoms with Crippen LogP contribution in [-0.4, -0.2) is 46.3 Å². The van der Waals surface area contributed by atoms with E-state index in [2.05, 4.69) is 4.52 Å². The Kier molecular flexibility index (Phi) is 7.53. The fourth-order valence-corrected chi connectivity index (χ4v) is 3.06. The van der Waals surface area contributed by atoms with E-state index in [1.54, 1.807) is 0 Å². The molecule has 1 N–H and O–H groups in total. The molecule has 0 aromatic carbocycles. The molecule has 0 saturated carbocycles. The standard InChI is InChI=1S/C14H16F13O3P/c1-6(2)8(4,5)30-31(28,29)7(3)9(15,16)10(17,18)11(19,20)12(21,22)13(23,24)14(25,26)27/h6H,3H2,1-2,4-5H3,(H,28,29). The van der Waals surface area contributed by atoms with Gasteiger partial charge in [-0.25, -0.2) is 0 Å². The quantitative estimate of drug-likeness (QED) is 0.272. The first kappa shape index (κ1) is 30.0. The third kappa shape index (κ3) is 4.56. The number of halogens is 13. The maximum Gasteiger partial charge on any atom is 0.460 e.